The van der Waals surface area contributed by atoms with Crippen molar-refractivity contribution in [2.45, 2.75) is 19.4 Å². The zero-order valence-corrected chi connectivity index (χ0v) is 9.36. The summed E-state index contributed by atoms with van der Waals surface area (Å²) in [6.45, 7) is 1.97. The van der Waals surface area contributed by atoms with Crippen LogP contribution in [0.25, 0.3) is 0 Å². The summed E-state index contributed by atoms with van der Waals surface area (Å²) in [7, 11) is 0. The van der Waals surface area contributed by atoms with Gasteiger partial charge >= 0.3 is 0 Å². The Morgan fingerprint density at radius 1 is 1.71 bits per heavy atom. The van der Waals surface area contributed by atoms with E-state index in [1.807, 2.05) is 12.1 Å². The minimum absolute atomic E-state index is 0.340. The number of rotatable bonds is 4. The summed E-state index contributed by atoms with van der Waals surface area (Å²) < 4.78 is 0.752. The molecule has 0 saturated heterocycles. The number of halogens is 1. The minimum atomic E-state index is -0.943. The number of hydrogen-bond donors (Lipinski definition) is 2. The number of thiophene rings is 1. The fraction of sp³-hybridized carbons (Fsp3) is 0.444. The fourth-order valence-electron chi connectivity index (χ4n) is 0.943. The molecule has 0 radical (unpaired) electrons. The third-order valence-corrected chi connectivity index (χ3v) is 2.97. The summed E-state index contributed by atoms with van der Waals surface area (Å²) in [5.74, 6) is -0.340. The topological polar surface area (TPSA) is 49.3 Å². The molecular weight excluding hydrogens is 222 g/mol. The van der Waals surface area contributed by atoms with Crippen molar-refractivity contribution in [1.82, 2.24) is 5.32 Å². The van der Waals surface area contributed by atoms with Crippen LogP contribution >= 0.6 is 22.9 Å². The molecule has 2 N–H and O–H groups in total. The van der Waals surface area contributed by atoms with E-state index in [9.17, 15) is 4.79 Å². The predicted octanol–water partition coefficient (Wildman–Crippen LogP) is 1.44. The number of carbonyl (C=O) groups excluding carboxylic acids is 1. The number of aliphatic hydroxyl groups excluding tert-OH is 1. The van der Waals surface area contributed by atoms with Crippen molar-refractivity contribution in [1.29, 1.82) is 0 Å². The van der Waals surface area contributed by atoms with E-state index in [0.29, 0.717) is 6.54 Å². The Balaban J connectivity index is 2.25. The zero-order valence-electron chi connectivity index (χ0n) is 7.79. The lowest BCUT2D eigenvalue weighted by molar-refractivity contribution is -0.128. The van der Waals surface area contributed by atoms with E-state index >= 15 is 0 Å². The summed E-state index contributed by atoms with van der Waals surface area (Å²) in [4.78, 5) is 12.1. The van der Waals surface area contributed by atoms with Gasteiger partial charge in [0.15, 0.2) is 0 Å². The highest BCUT2D eigenvalue weighted by atomic mass is 35.5. The van der Waals surface area contributed by atoms with Crippen LogP contribution in [0, 0.1) is 0 Å². The minimum Gasteiger partial charge on any atom is -0.384 e. The molecule has 0 aliphatic rings. The molecule has 1 atom stereocenters. The molecule has 1 rings (SSSR count). The van der Waals surface area contributed by atoms with Crippen LogP contribution < -0.4 is 5.32 Å². The van der Waals surface area contributed by atoms with Crippen LogP contribution in [0.3, 0.4) is 0 Å². The maximum Gasteiger partial charge on any atom is 0.248 e. The molecule has 1 unspecified atom stereocenters. The van der Waals surface area contributed by atoms with E-state index in [4.69, 9.17) is 16.7 Å². The van der Waals surface area contributed by atoms with E-state index in [0.717, 1.165) is 15.6 Å². The highest BCUT2D eigenvalue weighted by molar-refractivity contribution is 7.16. The van der Waals surface area contributed by atoms with Crippen molar-refractivity contribution >= 4 is 28.8 Å². The summed E-state index contributed by atoms with van der Waals surface area (Å²) >= 11 is 7.24. The van der Waals surface area contributed by atoms with Gasteiger partial charge in [-0.15, -0.1) is 11.3 Å². The number of nitrogens with one attached hydrogen (secondary N) is 1. The van der Waals surface area contributed by atoms with Crippen LogP contribution in [-0.2, 0) is 11.2 Å². The van der Waals surface area contributed by atoms with Gasteiger partial charge in [0.2, 0.25) is 5.91 Å². The number of carbonyl (C=O) groups is 1. The van der Waals surface area contributed by atoms with Crippen molar-refractivity contribution in [2.75, 3.05) is 6.54 Å². The molecule has 0 spiro atoms. The van der Waals surface area contributed by atoms with Crippen molar-refractivity contribution < 1.29 is 9.90 Å². The monoisotopic (exact) mass is 233 g/mol. The Kier molecular flexibility index (Phi) is 4.38. The molecule has 3 nitrogen and oxygen atoms in total. The molecule has 1 heterocycles. The van der Waals surface area contributed by atoms with Gasteiger partial charge < -0.3 is 10.4 Å². The average Bonchev–Trinajstić information content (AvgIpc) is 2.51. The lowest BCUT2D eigenvalue weighted by Crippen LogP contribution is -2.33. The van der Waals surface area contributed by atoms with Crippen LogP contribution in [0.15, 0.2) is 12.1 Å². The van der Waals surface area contributed by atoms with Crippen LogP contribution in [0.4, 0.5) is 0 Å². The third-order valence-electron chi connectivity index (χ3n) is 1.68. The molecule has 14 heavy (non-hydrogen) atoms. The summed E-state index contributed by atoms with van der Waals surface area (Å²) in [6.07, 6.45) is -0.197. The van der Waals surface area contributed by atoms with Gasteiger partial charge in [-0.25, -0.2) is 0 Å². The number of aliphatic hydroxyl groups is 1. The highest BCUT2D eigenvalue weighted by Gasteiger charge is 2.07. The van der Waals surface area contributed by atoms with Gasteiger partial charge in [0.25, 0.3) is 0 Å². The molecule has 0 aromatic carbocycles. The Bertz CT molecular complexity index is 312. The molecule has 1 amide bonds. The molecule has 0 bridgehead atoms. The molecular formula is C9H12ClNO2S. The average molecular weight is 234 g/mol. The predicted molar refractivity (Wildman–Crippen MR) is 57.7 cm³/mol. The summed E-state index contributed by atoms with van der Waals surface area (Å²) in [6, 6.07) is 3.76. The van der Waals surface area contributed by atoms with Crippen molar-refractivity contribution in [3.8, 4) is 0 Å². The van der Waals surface area contributed by atoms with Crippen LogP contribution in [-0.4, -0.2) is 23.7 Å². The lowest BCUT2D eigenvalue weighted by atomic mass is 10.3. The normalized spacial score (nSPS) is 12.5. The summed E-state index contributed by atoms with van der Waals surface area (Å²) in [5, 5.41) is 11.5. The fourth-order valence-corrected chi connectivity index (χ4v) is 2.03. The first kappa shape index (κ1) is 11.5. The Morgan fingerprint density at radius 2 is 2.43 bits per heavy atom. The molecule has 1 aromatic rings. The third kappa shape index (κ3) is 3.65. The van der Waals surface area contributed by atoms with E-state index in [1.165, 1.54) is 18.3 Å². The van der Waals surface area contributed by atoms with Gasteiger partial charge in [-0.3, -0.25) is 4.79 Å². The molecule has 0 aliphatic carbocycles. The van der Waals surface area contributed by atoms with Crippen molar-refractivity contribution in [2.24, 2.45) is 0 Å². The Hall–Kier alpha value is -0.580. The first-order chi connectivity index (χ1) is 6.59. The standard InChI is InChI=1S/C9H12ClNO2S/c1-6(12)9(13)11-5-4-7-2-3-8(10)14-7/h2-3,6,12H,4-5H2,1H3,(H,11,13). The van der Waals surface area contributed by atoms with Gasteiger partial charge in [0.1, 0.15) is 6.10 Å². The maximum atomic E-state index is 11.0. The van der Waals surface area contributed by atoms with Crippen LogP contribution in [0.5, 0.6) is 0 Å². The molecule has 0 aliphatic heterocycles. The second-order valence-electron chi connectivity index (χ2n) is 2.92. The molecule has 1 aromatic heterocycles. The maximum absolute atomic E-state index is 11.0. The SMILES string of the molecule is CC(O)C(=O)NCCc1ccc(Cl)s1. The van der Waals surface area contributed by atoms with E-state index in [1.54, 1.807) is 0 Å². The number of amides is 1. The van der Waals surface area contributed by atoms with Gasteiger partial charge in [-0.2, -0.15) is 0 Å². The first-order valence-corrected chi connectivity index (χ1v) is 5.49. The Morgan fingerprint density at radius 3 is 2.93 bits per heavy atom. The second-order valence-corrected chi connectivity index (χ2v) is 4.72. The summed E-state index contributed by atoms with van der Waals surface area (Å²) in [5.41, 5.74) is 0. The van der Waals surface area contributed by atoms with Gasteiger partial charge in [-0.05, 0) is 25.5 Å². The van der Waals surface area contributed by atoms with E-state index in [-0.39, 0.29) is 5.91 Å². The molecule has 0 fully saturated rings. The van der Waals surface area contributed by atoms with Crippen LogP contribution in [0.2, 0.25) is 4.34 Å². The van der Waals surface area contributed by atoms with Crippen LogP contribution in [0.1, 0.15) is 11.8 Å². The van der Waals surface area contributed by atoms with Gasteiger partial charge in [0, 0.05) is 11.4 Å². The lowest BCUT2D eigenvalue weighted by Gasteiger charge is -2.05. The Labute approximate surface area is 91.7 Å². The highest BCUT2D eigenvalue weighted by Crippen LogP contribution is 2.21. The smallest absolute Gasteiger partial charge is 0.248 e. The van der Waals surface area contributed by atoms with Gasteiger partial charge in [-0.1, -0.05) is 11.6 Å². The first-order valence-electron chi connectivity index (χ1n) is 4.29. The van der Waals surface area contributed by atoms with Crippen molar-refractivity contribution in [3.05, 3.63) is 21.3 Å². The van der Waals surface area contributed by atoms with Gasteiger partial charge in [0.05, 0.1) is 4.34 Å². The van der Waals surface area contributed by atoms with E-state index in [2.05, 4.69) is 5.32 Å². The molecule has 0 saturated carbocycles. The number of hydrogen-bond acceptors (Lipinski definition) is 3. The molecule has 5 heteroatoms. The van der Waals surface area contributed by atoms with Crippen molar-refractivity contribution in [3.63, 3.8) is 0 Å². The largest absolute Gasteiger partial charge is 0.384 e. The van der Waals surface area contributed by atoms with E-state index < -0.39 is 6.10 Å². The molecule has 78 valence electrons. The quantitative estimate of drug-likeness (QED) is 0.827. The zero-order chi connectivity index (χ0) is 10.6. The second kappa shape index (κ2) is 5.34.